The second-order valence-corrected chi connectivity index (χ2v) is 4.73. The fraction of sp³-hybridized carbons (Fsp3) is 1.00. The SMILES string of the molecule is CNC1CCCC1CCOC1CCOC1. The normalized spacial score (nSPS) is 36.2. The van der Waals surface area contributed by atoms with Crippen LogP contribution in [0.2, 0.25) is 0 Å². The van der Waals surface area contributed by atoms with E-state index >= 15 is 0 Å². The topological polar surface area (TPSA) is 30.5 Å². The van der Waals surface area contributed by atoms with Gasteiger partial charge in [-0.15, -0.1) is 0 Å². The number of ether oxygens (including phenoxy) is 2. The van der Waals surface area contributed by atoms with Gasteiger partial charge in [-0.2, -0.15) is 0 Å². The van der Waals surface area contributed by atoms with Crippen molar-refractivity contribution >= 4 is 0 Å². The zero-order valence-corrected chi connectivity index (χ0v) is 9.71. The Morgan fingerprint density at radius 2 is 2.27 bits per heavy atom. The lowest BCUT2D eigenvalue weighted by Gasteiger charge is -2.19. The minimum absolute atomic E-state index is 0.374. The van der Waals surface area contributed by atoms with Gasteiger partial charge in [-0.1, -0.05) is 6.42 Å². The molecule has 3 nitrogen and oxygen atoms in total. The lowest BCUT2D eigenvalue weighted by Crippen LogP contribution is -2.30. The van der Waals surface area contributed by atoms with E-state index in [1.165, 1.54) is 25.7 Å². The van der Waals surface area contributed by atoms with Crippen LogP contribution in [0.5, 0.6) is 0 Å². The second kappa shape index (κ2) is 5.83. The van der Waals surface area contributed by atoms with E-state index in [0.29, 0.717) is 6.10 Å². The van der Waals surface area contributed by atoms with Gasteiger partial charge in [-0.25, -0.2) is 0 Å². The summed E-state index contributed by atoms with van der Waals surface area (Å²) in [5, 5.41) is 3.41. The molecule has 0 spiro atoms. The van der Waals surface area contributed by atoms with Crippen molar-refractivity contribution in [2.45, 2.75) is 44.2 Å². The predicted octanol–water partition coefficient (Wildman–Crippen LogP) is 1.57. The van der Waals surface area contributed by atoms with Gasteiger partial charge in [0.15, 0.2) is 0 Å². The Morgan fingerprint density at radius 1 is 1.33 bits per heavy atom. The number of hydrogen-bond acceptors (Lipinski definition) is 3. The molecule has 0 bridgehead atoms. The molecule has 0 amide bonds. The van der Waals surface area contributed by atoms with Gasteiger partial charge < -0.3 is 14.8 Å². The standard InChI is InChI=1S/C12H23NO2/c1-13-12-4-2-3-10(12)5-8-15-11-6-7-14-9-11/h10-13H,2-9H2,1H3. The molecular weight excluding hydrogens is 190 g/mol. The van der Waals surface area contributed by atoms with Crippen molar-refractivity contribution in [3.63, 3.8) is 0 Å². The van der Waals surface area contributed by atoms with Gasteiger partial charge >= 0.3 is 0 Å². The maximum atomic E-state index is 5.80. The van der Waals surface area contributed by atoms with Crippen molar-refractivity contribution in [2.24, 2.45) is 5.92 Å². The van der Waals surface area contributed by atoms with Crippen molar-refractivity contribution in [1.82, 2.24) is 5.32 Å². The van der Waals surface area contributed by atoms with Crippen LogP contribution in [-0.4, -0.2) is 39.0 Å². The van der Waals surface area contributed by atoms with Crippen molar-refractivity contribution in [3.8, 4) is 0 Å². The van der Waals surface area contributed by atoms with Crippen LogP contribution in [0.25, 0.3) is 0 Å². The Labute approximate surface area is 92.5 Å². The molecule has 15 heavy (non-hydrogen) atoms. The summed E-state index contributed by atoms with van der Waals surface area (Å²) in [4.78, 5) is 0. The molecule has 2 rings (SSSR count). The molecule has 1 saturated carbocycles. The maximum absolute atomic E-state index is 5.80. The first-order chi connectivity index (χ1) is 7.40. The van der Waals surface area contributed by atoms with E-state index in [1.807, 2.05) is 0 Å². The average molecular weight is 213 g/mol. The highest BCUT2D eigenvalue weighted by Crippen LogP contribution is 2.28. The molecule has 3 atom stereocenters. The largest absolute Gasteiger partial charge is 0.379 e. The van der Waals surface area contributed by atoms with Crippen molar-refractivity contribution < 1.29 is 9.47 Å². The molecule has 88 valence electrons. The van der Waals surface area contributed by atoms with Gasteiger partial charge in [0.05, 0.1) is 12.7 Å². The van der Waals surface area contributed by atoms with Crippen LogP contribution < -0.4 is 5.32 Å². The molecule has 2 aliphatic rings. The number of nitrogens with one attached hydrogen (secondary N) is 1. The van der Waals surface area contributed by atoms with Crippen LogP contribution in [0.15, 0.2) is 0 Å². The van der Waals surface area contributed by atoms with Crippen molar-refractivity contribution in [2.75, 3.05) is 26.9 Å². The molecular formula is C12H23NO2. The summed E-state index contributed by atoms with van der Waals surface area (Å²) < 4.78 is 11.1. The Morgan fingerprint density at radius 3 is 3.00 bits per heavy atom. The van der Waals surface area contributed by atoms with Crippen LogP contribution in [-0.2, 0) is 9.47 Å². The van der Waals surface area contributed by atoms with E-state index in [-0.39, 0.29) is 0 Å². The summed E-state index contributed by atoms with van der Waals surface area (Å²) in [7, 11) is 2.08. The lowest BCUT2D eigenvalue weighted by atomic mass is 10.0. The minimum Gasteiger partial charge on any atom is -0.379 e. The summed E-state index contributed by atoms with van der Waals surface area (Å²) in [6.07, 6.45) is 6.76. The van der Waals surface area contributed by atoms with Crippen LogP contribution in [0.4, 0.5) is 0 Å². The monoisotopic (exact) mass is 213 g/mol. The average Bonchev–Trinajstić information content (AvgIpc) is 2.88. The first-order valence-corrected chi connectivity index (χ1v) is 6.26. The molecule has 1 aliphatic carbocycles. The van der Waals surface area contributed by atoms with Crippen LogP contribution in [0.3, 0.4) is 0 Å². The third-order valence-corrected chi connectivity index (χ3v) is 3.76. The van der Waals surface area contributed by atoms with E-state index in [2.05, 4.69) is 12.4 Å². The van der Waals surface area contributed by atoms with Gasteiger partial charge in [0, 0.05) is 19.3 Å². The Bertz CT molecular complexity index is 180. The molecule has 3 unspecified atom stereocenters. The molecule has 3 heteroatoms. The summed E-state index contributed by atoms with van der Waals surface area (Å²) in [5.74, 6) is 0.831. The first-order valence-electron chi connectivity index (χ1n) is 6.26. The Hall–Kier alpha value is -0.120. The Kier molecular flexibility index (Phi) is 4.42. The van der Waals surface area contributed by atoms with Gasteiger partial charge in [0.2, 0.25) is 0 Å². The number of rotatable bonds is 5. The minimum atomic E-state index is 0.374. The summed E-state index contributed by atoms with van der Waals surface area (Å²) in [6, 6.07) is 0.730. The highest BCUT2D eigenvalue weighted by atomic mass is 16.5. The zero-order chi connectivity index (χ0) is 10.5. The third kappa shape index (κ3) is 3.16. The summed E-state index contributed by atoms with van der Waals surface area (Å²) >= 11 is 0. The van der Waals surface area contributed by atoms with Crippen LogP contribution >= 0.6 is 0 Å². The van der Waals surface area contributed by atoms with Crippen molar-refractivity contribution in [1.29, 1.82) is 0 Å². The molecule has 0 aromatic rings. The Balaban J connectivity index is 1.60. The molecule has 0 aromatic carbocycles. The van der Waals surface area contributed by atoms with E-state index in [1.54, 1.807) is 0 Å². The molecule has 1 saturated heterocycles. The molecule has 2 fully saturated rings. The highest BCUT2D eigenvalue weighted by Gasteiger charge is 2.25. The predicted molar refractivity (Wildman–Crippen MR) is 60.0 cm³/mol. The van der Waals surface area contributed by atoms with Crippen LogP contribution in [0, 0.1) is 5.92 Å². The zero-order valence-electron chi connectivity index (χ0n) is 9.71. The fourth-order valence-electron chi connectivity index (χ4n) is 2.79. The fourth-order valence-corrected chi connectivity index (χ4v) is 2.79. The first kappa shape index (κ1) is 11.4. The van der Waals surface area contributed by atoms with Crippen LogP contribution in [0.1, 0.15) is 32.1 Å². The maximum Gasteiger partial charge on any atom is 0.0830 e. The lowest BCUT2D eigenvalue weighted by molar-refractivity contribution is 0.0344. The molecule has 0 radical (unpaired) electrons. The van der Waals surface area contributed by atoms with Gasteiger partial charge in [0.25, 0.3) is 0 Å². The molecule has 1 heterocycles. The second-order valence-electron chi connectivity index (χ2n) is 4.73. The molecule has 1 N–H and O–H groups in total. The van der Waals surface area contributed by atoms with E-state index in [0.717, 1.165) is 38.2 Å². The highest BCUT2D eigenvalue weighted by molar-refractivity contribution is 4.81. The smallest absolute Gasteiger partial charge is 0.0830 e. The van der Waals surface area contributed by atoms with Gasteiger partial charge in [0.1, 0.15) is 0 Å². The molecule has 0 aromatic heterocycles. The van der Waals surface area contributed by atoms with E-state index in [9.17, 15) is 0 Å². The molecule has 1 aliphatic heterocycles. The summed E-state index contributed by atoms with van der Waals surface area (Å²) in [6.45, 7) is 2.60. The van der Waals surface area contributed by atoms with Crippen molar-refractivity contribution in [3.05, 3.63) is 0 Å². The number of hydrogen-bond donors (Lipinski definition) is 1. The summed E-state index contributed by atoms with van der Waals surface area (Å²) in [5.41, 5.74) is 0. The van der Waals surface area contributed by atoms with E-state index < -0.39 is 0 Å². The third-order valence-electron chi connectivity index (χ3n) is 3.76. The van der Waals surface area contributed by atoms with Gasteiger partial charge in [-0.3, -0.25) is 0 Å². The quantitative estimate of drug-likeness (QED) is 0.752. The van der Waals surface area contributed by atoms with E-state index in [4.69, 9.17) is 9.47 Å². The van der Waals surface area contributed by atoms with Gasteiger partial charge in [-0.05, 0) is 38.6 Å².